The smallest absolute Gasteiger partial charge is 0.261 e. The maximum absolute atomic E-state index is 12.6. The van der Waals surface area contributed by atoms with E-state index in [4.69, 9.17) is 4.74 Å². The molecule has 0 atom stereocenters. The van der Waals surface area contributed by atoms with E-state index in [0.717, 1.165) is 39.3 Å². The van der Waals surface area contributed by atoms with Crippen LogP contribution in [0.5, 0.6) is 0 Å². The first-order valence-electron chi connectivity index (χ1n) is 9.31. The van der Waals surface area contributed by atoms with Gasteiger partial charge >= 0.3 is 0 Å². The maximum Gasteiger partial charge on any atom is 0.261 e. The molecule has 28 heavy (non-hydrogen) atoms. The van der Waals surface area contributed by atoms with E-state index in [9.17, 15) is 13.2 Å². The number of ether oxygens (including phenoxy) is 1. The van der Waals surface area contributed by atoms with Crippen LogP contribution in [0.1, 0.15) is 16.8 Å². The van der Waals surface area contributed by atoms with Gasteiger partial charge in [0.15, 0.2) is 0 Å². The molecule has 1 heterocycles. The van der Waals surface area contributed by atoms with E-state index >= 15 is 0 Å². The molecule has 1 amide bonds. The zero-order valence-corrected chi connectivity index (χ0v) is 16.5. The van der Waals surface area contributed by atoms with Crippen LogP contribution < -0.4 is 10.0 Å². The van der Waals surface area contributed by atoms with Gasteiger partial charge in [0, 0.05) is 30.9 Å². The number of nitrogens with one attached hydrogen (secondary N) is 2. The number of hydrogen-bond donors (Lipinski definition) is 2. The van der Waals surface area contributed by atoms with E-state index < -0.39 is 10.0 Å². The number of rotatable bonds is 8. The summed E-state index contributed by atoms with van der Waals surface area (Å²) in [5.41, 5.74) is 0.794. The summed E-state index contributed by atoms with van der Waals surface area (Å²) in [4.78, 5) is 14.7. The molecule has 1 aliphatic heterocycles. The molecule has 1 fully saturated rings. The SMILES string of the molecule is O=C(NCCCN1CCOCC1)c1cccc(S(=O)(=O)Nc2ccccc2)c1. The summed E-state index contributed by atoms with van der Waals surface area (Å²) in [6.45, 7) is 4.79. The number of amides is 1. The van der Waals surface area contributed by atoms with Gasteiger partial charge in [-0.15, -0.1) is 0 Å². The number of sulfonamides is 1. The predicted octanol–water partition coefficient (Wildman–Crippen LogP) is 1.94. The highest BCUT2D eigenvalue weighted by Gasteiger charge is 2.16. The number of anilines is 1. The van der Waals surface area contributed by atoms with Crippen LogP contribution in [0.2, 0.25) is 0 Å². The van der Waals surface area contributed by atoms with Gasteiger partial charge in [-0.2, -0.15) is 0 Å². The highest BCUT2D eigenvalue weighted by Crippen LogP contribution is 2.17. The molecule has 1 saturated heterocycles. The van der Waals surface area contributed by atoms with Crippen LogP contribution >= 0.6 is 0 Å². The quantitative estimate of drug-likeness (QED) is 0.658. The van der Waals surface area contributed by atoms with Gasteiger partial charge in [0.25, 0.3) is 15.9 Å². The molecule has 1 aliphatic rings. The van der Waals surface area contributed by atoms with Crippen molar-refractivity contribution in [2.45, 2.75) is 11.3 Å². The third kappa shape index (κ3) is 5.79. The second-order valence-corrected chi connectivity index (χ2v) is 8.25. The first-order valence-corrected chi connectivity index (χ1v) is 10.8. The predicted molar refractivity (Wildman–Crippen MR) is 108 cm³/mol. The Bertz CT molecular complexity index is 881. The third-order valence-electron chi connectivity index (χ3n) is 4.47. The molecule has 3 rings (SSSR count). The molecule has 2 aromatic carbocycles. The van der Waals surface area contributed by atoms with Crippen LogP contribution in [0.15, 0.2) is 59.5 Å². The van der Waals surface area contributed by atoms with Crippen LogP contribution in [0, 0.1) is 0 Å². The Labute approximate surface area is 165 Å². The van der Waals surface area contributed by atoms with Crippen LogP contribution in [0.25, 0.3) is 0 Å². The molecular formula is C20H25N3O4S. The fourth-order valence-corrected chi connectivity index (χ4v) is 4.06. The van der Waals surface area contributed by atoms with Gasteiger partial charge in [-0.25, -0.2) is 8.42 Å². The Morgan fingerprint density at radius 3 is 2.54 bits per heavy atom. The lowest BCUT2D eigenvalue weighted by molar-refractivity contribution is 0.0374. The molecule has 0 spiro atoms. The average molecular weight is 404 g/mol. The number of hydrogen-bond acceptors (Lipinski definition) is 5. The van der Waals surface area contributed by atoms with E-state index in [1.165, 1.54) is 12.1 Å². The minimum atomic E-state index is -3.76. The molecule has 0 unspecified atom stereocenters. The molecule has 0 saturated carbocycles. The molecule has 0 aliphatic carbocycles. The number of carbonyl (C=O) groups is 1. The van der Waals surface area contributed by atoms with Crippen LogP contribution in [-0.4, -0.2) is 58.6 Å². The maximum atomic E-state index is 12.6. The summed E-state index contributed by atoms with van der Waals surface area (Å²) in [7, 11) is -3.76. The lowest BCUT2D eigenvalue weighted by atomic mass is 10.2. The zero-order chi connectivity index (χ0) is 19.8. The van der Waals surface area contributed by atoms with E-state index in [2.05, 4.69) is 14.9 Å². The highest BCUT2D eigenvalue weighted by molar-refractivity contribution is 7.92. The Morgan fingerprint density at radius 1 is 1.04 bits per heavy atom. The Hall–Kier alpha value is -2.42. The van der Waals surface area contributed by atoms with Gasteiger partial charge in [-0.3, -0.25) is 14.4 Å². The number of morpholine rings is 1. The highest BCUT2D eigenvalue weighted by atomic mass is 32.2. The fourth-order valence-electron chi connectivity index (χ4n) is 2.96. The van der Waals surface area contributed by atoms with E-state index in [-0.39, 0.29) is 10.8 Å². The van der Waals surface area contributed by atoms with Crippen molar-refractivity contribution in [1.82, 2.24) is 10.2 Å². The minimum Gasteiger partial charge on any atom is -0.379 e. The molecule has 2 aromatic rings. The monoisotopic (exact) mass is 403 g/mol. The molecular weight excluding hydrogens is 378 g/mol. The summed E-state index contributed by atoms with van der Waals surface area (Å²) < 4.78 is 32.9. The molecule has 0 radical (unpaired) electrons. The topological polar surface area (TPSA) is 87.7 Å². The van der Waals surface area contributed by atoms with Gasteiger partial charge < -0.3 is 10.1 Å². The number of nitrogens with zero attached hydrogens (tertiary/aromatic N) is 1. The summed E-state index contributed by atoms with van der Waals surface area (Å²) >= 11 is 0. The molecule has 2 N–H and O–H groups in total. The zero-order valence-electron chi connectivity index (χ0n) is 15.6. The summed E-state index contributed by atoms with van der Waals surface area (Å²) in [5.74, 6) is -0.279. The molecule has 150 valence electrons. The van der Waals surface area contributed by atoms with E-state index in [0.29, 0.717) is 17.8 Å². The number of para-hydroxylation sites is 1. The van der Waals surface area contributed by atoms with Crippen molar-refractivity contribution in [3.05, 3.63) is 60.2 Å². The first kappa shape index (κ1) is 20.3. The molecule has 7 nitrogen and oxygen atoms in total. The van der Waals surface area contributed by atoms with Crippen LogP contribution in [-0.2, 0) is 14.8 Å². The largest absolute Gasteiger partial charge is 0.379 e. The van der Waals surface area contributed by atoms with Crippen molar-refractivity contribution in [2.75, 3.05) is 44.1 Å². The summed E-state index contributed by atoms with van der Waals surface area (Å²) in [5, 5.41) is 2.85. The normalized spacial score (nSPS) is 15.1. The van der Waals surface area contributed by atoms with Crippen LogP contribution in [0.4, 0.5) is 5.69 Å². The van der Waals surface area contributed by atoms with Crippen molar-refractivity contribution in [2.24, 2.45) is 0 Å². The van der Waals surface area contributed by atoms with E-state index in [1.807, 2.05) is 6.07 Å². The summed E-state index contributed by atoms with van der Waals surface area (Å²) in [6.07, 6.45) is 0.833. The van der Waals surface area contributed by atoms with Crippen molar-refractivity contribution >= 4 is 21.6 Å². The molecule has 0 bridgehead atoms. The van der Waals surface area contributed by atoms with Gasteiger partial charge in [0.2, 0.25) is 0 Å². The summed E-state index contributed by atoms with van der Waals surface area (Å²) in [6, 6.07) is 14.7. The van der Waals surface area contributed by atoms with Crippen molar-refractivity contribution in [3.8, 4) is 0 Å². The number of benzene rings is 2. The van der Waals surface area contributed by atoms with Crippen molar-refractivity contribution < 1.29 is 17.9 Å². The van der Waals surface area contributed by atoms with Gasteiger partial charge in [0.1, 0.15) is 0 Å². The van der Waals surface area contributed by atoms with Gasteiger partial charge in [-0.05, 0) is 43.3 Å². The fraction of sp³-hybridized carbons (Fsp3) is 0.350. The van der Waals surface area contributed by atoms with E-state index in [1.54, 1.807) is 36.4 Å². The van der Waals surface area contributed by atoms with Gasteiger partial charge in [-0.1, -0.05) is 24.3 Å². The number of carbonyl (C=O) groups excluding carboxylic acids is 1. The Morgan fingerprint density at radius 2 is 1.79 bits per heavy atom. The molecule has 0 aromatic heterocycles. The van der Waals surface area contributed by atoms with Crippen LogP contribution in [0.3, 0.4) is 0 Å². The van der Waals surface area contributed by atoms with Crippen molar-refractivity contribution in [1.29, 1.82) is 0 Å². The molecule has 8 heteroatoms. The Kier molecular flexibility index (Phi) is 7.02. The van der Waals surface area contributed by atoms with Crippen molar-refractivity contribution in [3.63, 3.8) is 0 Å². The first-order chi connectivity index (χ1) is 13.5. The second-order valence-electron chi connectivity index (χ2n) is 6.56. The average Bonchev–Trinajstić information content (AvgIpc) is 2.72. The Balaban J connectivity index is 1.55. The third-order valence-corrected chi connectivity index (χ3v) is 5.85. The lowest BCUT2D eigenvalue weighted by Crippen LogP contribution is -2.38. The second kappa shape index (κ2) is 9.68. The lowest BCUT2D eigenvalue weighted by Gasteiger charge is -2.26. The van der Waals surface area contributed by atoms with Gasteiger partial charge in [0.05, 0.1) is 18.1 Å². The minimum absolute atomic E-state index is 0.0531. The standard InChI is InChI=1S/C20H25N3O4S/c24-20(21-10-5-11-23-12-14-27-15-13-23)17-6-4-9-19(16-17)28(25,26)22-18-7-2-1-3-8-18/h1-4,6-9,16,22H,5,10-15H2,(H,21,24).